The van der Waals surface area contributed by atoms with Gasteiger partial charge < -0.3 is 4.90 Å². The van der Waals surface area contributed by atoms with Gasteiger partial charge >= 0.3 is 0 Å². The molecule has 0 amide bonds. The number of aryl methyl sites for hydroxylation is 1. The molecule has 4 aromatic rings. The van der Waals surface area contributed by atoms with Gasteiger partial charge in [0, 0.05) is 35.6 Å². The molecule has 5 rings (SSSR count). The Labute approximate surface area is 173 Å². The van der Waals surface area contributed by atoms with Crippen molar-refractivity contribution in [3.8, 4) is 6.07 Å². The summed E-state index contributed by atoms with van der Waals surface area (Å²) in [6, 6.07) is 13.8. The van der Waals surface area contributed by atoms with Crippen LogP contribution in [0.1, 0.15) is 28.1 Å². The zero-order chi connectivity index (χ0) is 20.0. The second kappa shape index (κ2) is 6.87. The molecule has 7 heteroatoms. The van der Waals surface area contributed by atoms with Crippen LogP contribution in [-0.2, 0) is 19.6 Å². The highest BCUT2D eigenvalue weighted by atomic mass is 35.5. The van der Waals surface area contributed by atoms with Crippen molar-refractivity contribution in [2.24, 2.45) is 0 Å². The highest BCUT2D eigenvalue weighted by Gasteiger charge is 2.27. The summed E-state index contributed by atoms with van der Waals surface area (Å²) in [5.74, 6) is 0. The maximum atomic E-state index is 9.40. The van der Waals surface area contributed by atoms with Crippen LogP contribution >= 0.6 is 11.6 Å². The molecular weight excluding hydrogens is 384 g/mol. The molecule has 6 nitrogen and oxygen atoms in total. The number of nitriles is 1. The fourth-order valence-corrected chi connectivity index (χ4v) is 4.09. The van der Waals surface area contributed by atoms with Gasteiger partial charge in [0.25, 0.3) is 0 Å². The van der Waals surface area contributed by atoms with E-state index < -0.39 is 0 Å². The molecule has 1 aliphatic rings. The number of fused-ring (bicyclic) bond motifs is 2. The van der Waals surface area contributed by atoms with Gasteiger partial charge in [-0.25, -0.2) is 4.98 Å². The van der Waals surface area contributed by atoms with Crippen molar-refractivity contribution in [3.63, 3.8) is 0 Å². The Morgan fingerprint density at radius 3 is 2.83 bits per heavy atom. The van der Waals surface area contributed by atoms with E-state index in [1.54, 1.807) is 18.5 Å². The molecule has 0 unspecified atom stereocenters. The van der Waals surface area contributed by atoms with Crippen molar-refractivity contribution in [3.05, 3.63) is 82.0 Å². The standard InChI is InChI=1S/C22H17ClN6/c1-14-18-12-28(19-6-5-16(9-24)22-17(19)3-2-8-25-22)13-20(18)29(27-14)11-15-4-7-21(23)26-10-15/h2-8,10H,11-13H2,1H3. The smallest absolute Gasteiger partial charge is 0.129 e. The SMILES string of the molecule is Cc1nn(Cc2ccc(Cl)nc2)c2c1CN(c1ccc(C#N)c3ncccc13)C2. The zero-order valence-corrected chi connectivity index (χ0v) is 16.6. The van der Waals surface area contributed by atoms with Gasteiger partial charge in [-0.3, -0.25) is 9.67 Å². The molecule has 4 heterocycles. The molecule has 0 saturated heterocycles. The van der Waals surface area contributed by atoms with Crippen LogP contribution in [0.25, 0.3) is 10.9 Å². The lowest BCUT2D eigenvalue weighted by Crippen LogP contribution is -2.18. The fraction of sp³-hybridized carbons (Fsp3) is 0.182. The first kappa shape index (κ1) is 17.7. The summed E-state index contributed by atoms with van der Waals surface area (Å²) in [5, 5.41) is 15.6. The maximum absolute atomic E-state index is 9.40. The first-order valence-electron chi connectivity index (χ1n) is 9.32. The average molecular weight is 401 g/mol. The van der Waals surface area contributed by atoms with Crippen LogP contribution in [0, 0.1) is 18.3 Å². The quantitative estimate of drug-likeness (QED) is 0.481. The highest BCUT2D eigenvalue weighted by Crippen LogP contribution is 2.35. The van der Waals surface area contributed by atoms with Crippen molar-refractivity contribution in [2.45, 2.75) is 26.6 Å². The molecular formula is C22H17ClN6. The lowest BCUT2D eigenvalue weighted by molar-refractivity contribution is 0.636. The first-order valence-corrected chi connectivity index (χ1v) is 9.70. The maximum Gasteiger partial charge on any atom is 0.129 e. The first-order chi connectivity index (χ1) is 14.1. The van der Waals surface area contributed by atoms with Crippen molar-refractivity contribution in [1.82, 2.24) is 19.7 Å². The third-order valence-electron chi connectivity index (χ3n) is 5.39. The Morgan fingerprint density at radius 2 is 2.03 bits per heavy atom. The lowest BCUT2D eigenvalue weighted by Gasteiger charge is -2.21. The van der Waals surface area contributed by atoms with Crippen molar-refractivity contribution >= 4 is 28.2 Å². The molecule has 0 atom stereocenters. The number of hydrogen-bond donors (Lipinski definition) is 0. The lowest BCUT2D eigenvalue weighted by atomic mass is 10.1. The summed E-state index contributed by atoms with van der Waals surface area (Å²) in [6.45, 7) is 4.25. The van der Waals surface area contributed by atoms with Crippen molar-refractivity contribution < 1.29 is 0 Å². The molecule has 1 aromatic carbocycles. The van der Waals surface area contributed by atoms with Crippen molar-refractivity contribution in [2.75, 3.05) is 4.90 Å². The van der Waals surface area contributed by atoms with Gasteiger partial charge in [0.15, 0.2) is 0 Å². The number of pyridine rings is 2. The molecule has 0 N–H and O–H groups in total. The number of halogens is 1. The normalized spacial score (nSPS) is 12.9. The van der Waals surface area contributed by atoms with E-state index in [0.717, 1.165) is 40.9 Å². The summed E-state index contributed by atoms with van der Waals surface area (Å²) >= 11 is 5.90. The molecule has 142 valence electrons. The third-order valence-corrected chi connectivity index (χ3v) is 5.61. The van der Waals surface area contributed by atoms with Crippen LogP contribution in [0.4, 0.5) is 5.69 Å². The van der Waals surface area contributed by atoms with Crippen LogP contribution in [0.15, 0.2) is 48.8 Å². The van der Waals surface area contributed by atoms with E-state index in [4.69, 9.17) is 16.7 Å². The minimum atomic E-state index is 0.489. The van der Waals surface area contributed by atoms with E-state index in [9.17, 15) is 5.26 Å². The molecule has 1 aliphatic heterocycles. The van der Waals surface area contributed by atoms with E-state index in [2.05, 4.69) is 32.5 Å². The second-order valence-corrected chi connectivity index (χ2v) is 7.54. The summed E-state index contributed by atoms with van der Waals surface area (Å²) < 4.78 is 2.06. The molecule has 0 aliphatic carbocycles. The van der Waals surface area contributed by atoms with Gasteiger partial charge in [-0.05, 0) is 42.8 Å². The Bertz CT molecular complexity index is 1270. The Morgan fingerprint density at radius 1 is 1.14 bits per heavy atom. The van der Waals surface area contributed by atoms with Crippen molar-refractivity contribution in [1.29, 1.82) is 5.26 Å². The number of anilines is 1. The van der Waals surface area contributed by atoms with E-state index in [1.165, 1.54) is 11.3 Å². The van der Waals surface area contributed by atoms with E-state index in [0.29, 0.717) is 17.3 Å². The van der Waals surface area contributed by atoms with Gasteiger partial charge in [0.05, 0.1) is 35.6 Å². The number of hydrogen-bond acceptors (Lipinski definition) is 5. The monoisotopic (exact) mass is 400 g/mol. The third kappa shape index (κ3) is 3.00. The van der Waals surface area contributed by atoms with E-state index in [1.807, 2.05) is 30.3 Å². The number of nitrogens with zero attached hydrogens (tertiary/aromatic N) is 6. The topological polar surface area (TPSA) is 70.6 Å². The Kier molecular flexibility index (Phi) is 4.18. The molecule has 0 spiro atoms. The average Bonchev–Trinajstić information content (AvgIpc) is 3.30. The summed E-state index contributed by atoms with van der Waals surface area (Å²) in [4.78, 5) is 10.9. The summed E-state index contributed by atoms with van der Waals surface area (Å²) in [5.41, 5.74) is 6.99. The number of benzene rings is 1. The molecule has 29 heavy (non-hydrogen) atoms. The van der Waals surface area contributed by atoms with E-state index in [-0.39, 0.29) is 0 Å². The Hall–Kier alpha value is -3.43. The minimum absolute atomic E-state index is 0.489. The largest absolute Gasteiger partial charge is 0.361 e. The van der Waals surface area contributed by atoms with Crippen LogP contribution in [0.5, 0.6) is 0 Å². The van der Waals surface area contributed by atoms with Gasteiger partial charge in [-0.15, -0.1) is 0 Å². The Balaban J connectivity index is 1.50. The predicted molar refractivity (Wildman–Crippen MR) is 112 cm³/mol. The minimum Gasteiger partial charge on any atom is -0.361 e. The number of aromatic nitrogens is 4. The van der Waals surface area contributed by atoms with Gasteiger partial charge in [0.1, 0.15) is 11.2 Å². The van der Waals surface area contributed by atoms with Crippen LogP contribution in [-0.4, -0.2) is 19.7 Å². The van der Waals surface area contributed by atoms with Gasteiger partial charge in [-0.2, -0.15) is 10.4 Å². The van der Waals surface area contributed by atoms with Crippen LogP contribution in [0.3, 0.4) is 0 Å². The molecule has 0 saturated carbocycles. The highest BCUT2D eigenvalue weighted by molar-refractivity contribution is 6.29. The second-order valence-electron chi connectivity index (χ2n) is 7.16. The van der Waals surface area contributed by atoms with Gasteiger partial charge in [0.2, 0.25) is 0 Å². The predicted octanol–water partition coefficient (Wildman–Crippen LogP) is 4.23. The van der Waals surface area contributed by atoms with Gasteiger partial charge in [-0.1, -0.05) is 17.7 Å². The molecule has 0 fully saturated rings. The van der Waals surface area contributed by atoms with Crippen LogP contribution in [0.2, 0.25) is 5.15 Å². The number of rotatable bonds is 3. The molecule has 0 radical (unpaired) electrons. The van der Waals surface area contributed by atoms with Crippen LogP contribution < -0.4 is 4.90 Å². The summed E-state index contributed by atoms with van der Waals surface area (Å²) in [7, 11) is 0. The van der Waals surface area contributed by atoms with E-state index >= 15 is 0 Å². The molecule has 0 bridgehead atoms. The fourth-order valence-electron chi connectivity index (χ4n) is 3.97. The zero-order valence-electron chi connectivity index (χ0n) is 15.8. The summed E-state index contributed by atoms with van der Waals surface area (Å²) in [6.07, 6.45) is 3.52. The molecule has 3 aromatic heterocycles.